The molecule has 0 spiro atoms. The predicted molar refractivity (Wildman–Crippen MR) is 35.5 cm³/mol. The summed E-state index contributed by atoms with van der Waals surface area (Å²) in [5.74, 6) is -22.0. The van der Waals surface area contributed by atoms with Crippen molar-refractivity contribution >= 4 is 10.1 Å². The molecule has 116 valence electrons. The number of hydrogen-bond donors (Lipinski definition) is 0. The van der Waals surface area contributed by atoms with E-state index in [0.29, 0.717) is 0 Å². The Morgan fingerprint density at radius 3 is 1.30 bits per heavy atom. The van der Waals surface area contributed by atoms with Crippen LogP contribution >= 0.6 is 0 Å². The van der Waals surface area contributed by atoms with Crippen LogP contribution in [0.25, 0.3) is 0 Å². The average Bonchev–Trinajstić information content (AvgIpc) is 2.12. The van der Waals surface area contributed by atoms with E-state index < -0.39 is 39.6 Å². The molecule has 0 saturated heterocycles. The predicted octanol–water partition coefficient (Wildman–Crippen LogP) is -0.701. The Labute approximate surface area is 146 Å². The van der Waals surface area contributed by atoms with Crippen LogP contribution in [-0.2, 0) is 10.1 Å². The molecule has 0 aliphatic heterocycles. The molecule has 0 aliphatic carbocycles. The van der Waals surface area contributed by atoms with Gasteiger partial charge in [0.15, 0.2) is 0 Å². The van der Waals surface area contributed by atoms with Crippen molar-refractivity contribution in [3.63, 3.8) is 0 Å². The Bertz CT molecular complexity index is 442. The summed E-state index contributed by atoms with van der Waals surface area (Å²) in [5, 5.41) is 0. The van der Waals surface area contributed by atoms with E-state index >= 15 is 0 Å². The van der Waals surface area contributed by atoms with E-state index in [9.17, 15) is 56.9 Å². The molecule has 0 bridgehead atoms. The zero-order valence-electron chi connectivity index (χ0n) is 8.99. The molecule has 1 atom stereocenters. The SMILES string of the molecule is O=S(=O)([O-])C(F)C(F)(F)C(F)(F)C(F)(F)C(F)(F)F.[K+]. The van der Waals surface area contributed by atoms with E-state index in [0.717, 1.165) is 0 Å². The first kappa shape index (κ1) is 23.1. The van der Waals surface area contributed by atoms with Gasteiger partial charge in [0.1, 0.15) is 10.1 Å². The van der Waals surface area contributed by atoms with Crippen LogP contribution in [0.4, 0.5) is 43.9 Å². The van der Waals surface area contributed by atoms with Gasteiger partial charge in [0.05, 0.1) is 0 Å². The maximum atomic E-state index is 12.4. The van der Waals surface area contributed by atoms with E-state index in [1.807, 2.05) is 0 Å². The van der Waals surface area contributed by atoms with E-state index in [4.69, 9.17) is 0 Å². The Balaban J connectivity index is 0. The molecule has 0 radical (unpaired) electrons. The minimum absolute atomic E-state index is 0. The van der Waals surface area contributed by atoms with E-state index in [-0.39, 0.29) is 51.4 Å². The van der Waals surface area contributed by atoms with Gasteiger partial charge in [-0.05, 0) is 0 Å². The van der Waals surface area contributed by atoms with Gasteiger partial charge in [-0.3, -0.25) is 0 Å². The average molecular weight is 370 g/mol. The summed E-state index contributed by atoms with van der Waals surface area (Å²) in [5.41, 5.74) is -5.48. The Morgan fingerprint density at radius 1 is 0.800 bits per heavy atom. The Kier molecular flexibility index (Phi) is 7.11. The maximum absolute atomic E-state index is 12.4. The molecule has 0 fully saturated rings. The fourth-order valence-electron chi connectivity index (χ4n) is 0.711. The van der Waals surface area contributed by atoms with Gasteiger partial charge >= 0.3 is 75.3 Å². The molecule has 0 amide bonds. The van der Waals surface area contributed by atoms with E-state index in [1.54, 1.807) is 0 Å². The number of rotatable bonds is 4. The van der Waals surface area contributed by atoms with Crippen LogP contribution in [0.2, 0.25) is 0 Å². The van der Waals surface area contributed by atoms with Gasteiger partial charge in [0.2, 0.25) is 0 Å². The van der Waals surface area contributed by atoms with Crippen LogP contribution in [0, 0.1) is 0 Å². The largest absolute Gasteiger partial charge is 1.00 e. The first-order valence-corrected chi connectivity index (χ1v) is 5.16. The molecule has 0 aromatic heterocycles. The summed E-state index contributed by atoms with van der Waals surface area (Å²) in [4.78, 5) is 0. The Hall–Kier alpha value is 0.846. The van der Waals surface area contributed by atoms with Gasteiger partial charge in [-0.1, -0.05) is 0 Å². The molecule has 0 saturated carbocycles. The Morgan fingerprint density at radius 2 is 1.10 bits per heavy atom. The fourth-order valence-corrected chi connectivity index (χ4v) is 1.22. The third-order valence-electron chi connectivity index (χ3n) is 1.71. The van der Waals surface area contributed by atoms with Crippen LogP contribution < -0.4 is 51.4 Å². The zero-order chi connectivity index (χ0) is 16.1. The molecule has 0 N–H and O–H groups in total. The molecule has 0 aromatic rings. The summed E-state index contributed by atoms with van der Waals surface area (Å²) in [6.45, 7) is 0. The molecule has 0 rings (SSSR count). The van der Waals surface area contributed by atoms with Gasteiger partial charge in [-0.25, -0.2) is 12.8 Å². The number of alkyl halides is 10. The minimum atomic E-state index is -7.49. The summed E-state index contributed by atoms with van der Waals surface area (Å²) in [6, 6.07) is 0. The van der Waals surface area contributed by atoms with Crippen LogP contribution in [0.1, 0.15) is 0 Å². The van der Waals surface area contributed by atoms with Crippen molar-refractivity contribution < 1.29 is 108 Å². The molecule has 15 heteroatoms. The van der Waals surface area contributed by atoms with Gasteiger partial charge in [-0.2, -0.15) is 39.5 Å². The second-order valence-electron chi connectivity index (χ2n) is 3.08. The van der Waals surface area contributed by atoms with Crippen LogP contribution in [0.15, 0.2) is 0 Å². The maximum Gasteiger partial charge on any atom is 1.00 e. The second-order valence-corrected chi connectivity index (χ2v) is 4.48. The summed E-state index contributed by atoms with van der Waals surface area (Å²) in [6.07, 6.45) is -7.23. The summed E-state index contributed by atoms with van der Waals surface area (Å²) in [7, 11) is -6.90. The molecule has 0 aliphatic rings. The molecule has 20 heavy (non-hydrogen) atoms. The first-order valence-electron chi connectivity index (χ1n) is 3.69. The third-order valence-corrected chi connectivity index (χ3v) is 2.51. The van der Waals surface area contributed by atoms with Crippen molar-refractivity contribution in [2.45, 2.75) is 29.4 Å². The summed E-state index contributed by atoms with van der Waals surface area (Å²) >= 11 is 0. The molecular weight excluding hydrogens is 369 g/mol. The van der Waals surface area contributed by atoms with Gasteiger partial charge in [0, 0.05) is 0 Å². The van der Waals surface area contributed by atoms with Gasteiger partial charge < -0.3 is 4.55 Å². The molecule has 3 nitrogen and oxygen atoms in total. The summed E-state index contributed by atoms with van der Waals surface area (Å²) < 4.78 is 150. The van der Waals surface area contributed by atoms with E-state index in [1.165, 1.54) is 0 Å². The second kappa shape index (κ2) is 6.15. The molecule has 0 heterocycles. The van der Waals surface area contributed by atoms with Crippen molar-refractivity contribution in [2.75, 3.05) is 0 Å². The van der Waals surface area contributed by atoms with Crippen molar-refractivity contribution in [3.05, 3.63) is 0 Å². The molecule has 1 unspecified atom stereocenters. The van der Waals surface area contributed by atoms with Crippen LogP contribution in [-0.4, -0.2) is 42.4 Å². The topological polar surface area (TPSA) is 57.2 Å². The number of hydrogen-bond acceptors (Lipinski definition) is 3. The quantitative estimate of drug-likeness (QED) is 0.374. The van der Waals surface area contributed by atoms with Gasteiger partial charge in [0.25, 0.3) is 5.50 Å². The van der Waals surface area contributed by atoms with Crippen LogP contribution in [0.3, 0.4) is 0 Å². The first-order chi connectivity index (χ1) is 7.90. The molecular formula is C5HF10KO3S. The standard InChI is InChI=1S/C5H2F10O3S.K/c6-1(19(16,17)18)2(7,8)3(9,10)4(11,12)5(13,14)15;/h1H,(H,16,17,18);/q;+1/p-1. The van der Waals surface area contributed by atoms with E-state index in [2.05, 4.69) is 0 Å². The fraction of sp³-hybridized carbons (Fsp3) is 1.00. The smallest absolute Gasteiger partial charge is 0.746 e. The zero-order valence-corrected chi connectivity index (χ0v) is 12.9. The van der Waals surface area contributed by atoms with Crippen molar-refractivity contribution in [3.8, 4) is 0 Å². The van der Waals surface area contributed by atoms with Crippen molar-refractivity contribution in [1.29, 1.82) is 0 Å². The van der Waals surface area contributed by atoms with Crippen LogP contribution in [0.5, 0.6) is 0 Å². The van der Waals surface area contributed by atoms with Gasteiger partial charge in [-0.15, -0.1) is 0 Å². The minimum Gasteiger partial charge on any atom is -0.746 e. The van der Waals surface area contributed by atoms with Crippen molar-refractivity contribution in [2.24, 2.45) is 0 Å². The normalized spacial score (nSPS) is 16.6. The third kappa shape index (κ3) is 3.78. The number of halogens is 10. The van der Waals surface area contributed by atoms with Crippen molar-refractivity contribution in [1.82, 2.24) is 0 Å². The molecule has 0 aromatic carbocycles. The monoisotopic (exact) mass is 370 g/mol.